The summed E-state index contributed by atoms with van der Waals surface area (Å²) in [5, 5.41) is 2.37. The molecule has 1 N–H and O–H groups in total. The number of nitrogens with one attached hydrogen (secondary N) is 1. The lowest BCUT2D eigenvalue weighted by molar-refractivity contribution is 0.127. The Morgan fingerprint density at radius 1 is 1.28 bits per heavy atom. The van der Waals surface area contributed by atoms with E-state index in [4.69, 9.17) is 9.47 Å². The molecular weight excluding hydrogens is 230 g/mol. The molecule has 0 atom stereocenters. The van der Waals surface area contributed by atoms with Gasteiger partial charge >= 0.3 is 6.09 Å². The highest BCUT2D eigenvalue weighted by Crippen LogP contribution is 2.12. The number of rotatable bonds is 6. The van der Waals surface area contributed by atoms with Crippen LogP contribution in [0.25, 0.3) is 0 Å². The van der Waals surface area contributed by atoms with E-state index in [1.165, 1.54) is 12.6 Å². The molecule has 0 heterocycles. The summed E-state index contributed by atoms with van der Waals surface area (Å²) in [6, 6.07) is 7.88. The molecule has 0 saturated heterocycles. The maximum absolute atomic E-state index is 10.8. The first-order valence-corrected chi connectivity index (χ1v) is 5.93. The van der Waals surface area contributed by atoms with Gasteiger partial charge in [0.15, 0.2) is 0 Å². The van der Waals surface area contributed by atoms with Crippen molar-refractivity contribution in [2.24, 2.45) is 0 Å². The van der Waals surface area contributed by atoms with E-state index < -0.39 is 6.09 Å². The third-order valence-electron chi connectivity index (χ3n) is 2.30. The predicted octanol–water partition coefficient (Wildman–Crippen LogP) is 2.54. The van der Waals surface area contributed by atoms with E-state index in [1.807, 2.05) is 37.3 Å². The number of benzene rings is 1. The minimum absolute atomic E-state index is 0.236. The van der Waals surface area contributed by atoms with Crippen LogP contribution in [0.5, 0.6) is 5.75 Å². The quantitative estimate of drug-likeness (QED) is 0.622. The second-order valence-corrected chi connectivity index (χ2v) is 3.65. The van der Waals surface area contributed by atoms with Crippen LogP contribution in [0.2, 0.25) is 0 Å². The Bertz CT molecular complexity index is 385. The molecule has 0 spiro atoms. The Morgan fingerprint density at radius 2 is 2.00 bits per heavy atom. The molecule has 1 aromatic carbocycles. The summed E-state index contributed by atoms with van der Waals surface area (Å²) in [4.78, 5) is 10.8. The first-order chi connectivity index (χ1) is 8.76. The third-order valence-corrected chi connectivity index (χ3v) is 2.30. The molecule has 0 radical (unpaired) electrons. The van der Waals surface area contributed by atoms with Crippen molar-refractivity contribution in [1.29, 1.82) is 0 Å². The van der Waals surface area contributed by atoms with Crippen molar-refractivity contribution in [2.45, 2.75) is 13.3 Å². The van der Waals surface area contributed by atoms with Crippen LogP contribution >= 0.6 is 0 Å². The van der Waals surface area contributed by atoms with Gasteiger partial charge in [-0.25, -0.2) is 4.79 Å². The molecule has 4 heteroatoms. The molecule has 1 amide bonds. The van der Waals surface area contributed by atoms with E-state index in [2.05, 4.69) is 11.4 Å². The van der Waals surface area contributed by atoms with Crippen LogP contribution < -0.4 is 10.1 Å². The van der Waals surface area contributed by atoms with E-state index in [0.29, 0.717) is 6.61 Å². The van der Waals surface area contributed by atoms with Gasteiger partial charge in [0, 0.05) is 7.05 Å². The lowest BCUT2D eigenvalue weighted by Crippen LogP contribution is -2.21. The number of alkyl carbamates (subject to hydrolysis) is 1. The topological polar surface area (TPSA) is 47.6 Å². The average Bonchev–Trinajstić information content (AvgIpc) is 2.42. The number of amides is 1. The monoisotopic (exact) mass is 249 g/mol. The maximum atomic E-state index is 10.8. The van der Waals surface area contributed by atoms with Gasteiger partial charge in [0.05, 0.1) is 0 Å². The molecule has 4 nitrogen and oxygen atoms in total. The molecular formula is C14H19NO3. The van der Waals surface area contributed by atoms with Crippen molar-refractivity contribution in [3.8, 4) is 5.75 Å². The van der Waals surface area contributed by atoms with Crippen LogP contribution in [-0.2, 0) is 11.2 Å². The minimum atomic E-state index is -0.444. The van der Waals surface area contributed by atoms with Crippen LogP contribution in [0.15, 0.2) is 36.4 Å². The van der Waals surface area contributed by atoms with E-state index in [0.717, 1.165) is 12.2 Å². The van der Waals surface area contributed by atoms with E-state index in [1.54, 1.807) is 0 Å². The number of hydrogen-bond acceptors (Lipinski definition) is 3. The zero-order chi connectivity index (χ0) is 13.2. The molecule has 0 fully saturated rings. The fourth-order valence-electron chi connectivity index (χ4n) is 1.34. The molecule has 98 valence electrons. The Hall–Kier alpha value is -1.97. The van der Waals surface area contributed by atoms with Gasteiger partial charge < -0.3 is 14.8 Å². The molecule has 0 unspecified atom stereocenters. The number of hydrogen-bond donors (Lipinski definition) is 1. The van der Waals surface area contributed by atoms with Crippen LogP contribution in [0, 0.1) is 0 Å². The highest BCUT2D eigenvalue weighted by Gasteiger charge is 1.98. The summed E-state index contributed by atoms with van der Waals surface area (Å²) in [6.45, 7) is 2.59. The van der Waals surface area contributed by atoms with Gasteiger partial charge in [-0.15, -0.1) is 0 Å². The van der Waals surface area contributed by atoms with Crippen LogP contribution in [0.4, 0.5) is 4.79 Å². The highest BCUT2D eigenvalue weighted by atomic mass is 16.6. The minimum Gasteiger partial charge on any atom is -0.490 e. The predicted molar refractivity (Wildman–Crippen MR) is 70.9 cm³/mol. The Balaban J connectivity index is 2.28. The van der Waals surface area contributed by atoms with Gasteiger partial charge in [0.25, 0.3) is 0 Å². The molecule has 0 aliphatic carbocycles. The van der Waals surface area contributed by atoms with Gasteiger partial charge in [-0.05, 0) is 31.0 Å². The fraction of sp³-hybridized carbons (Fsp3) is 0.357. The molecule has 1 rings (SSSR count). The first-order valence-electron chi connectivity index (χ1n) is 5.93. The number of allylic oxidation sites excluding steroid dienone is 2. The largest absolute Gasteiger partial charge is 0.490 e. The van der Waals surface area contributed by atoms with Crippen molar-refractivity contribution < 1.29 is 14.3 Å². The Kier molecular flexibility index (Phi) is 6.40. The summed E-state index contributed by atoms with van der Waals surface area (Å²) in [6.07, 6.45) is 4.62. The standard InChI is InChI=1S/C14H19NO3/c1-3-4-5-12-6-8-13(9-7-12)17-10-11-18-14(16)15-2/h3-4,6-9H,5,10-11H2,1-2H3,(H,15,16)/b4-3+. The number of carbonyl (C=O) groups excluding carboxylic acids is 1. The van der Waals surface area contributed by atoms with Crippen LogP contribution in [0.1, 0.15) is 12.5 Å². The summed E-state index contributed by atoms with van der Waals surface area (Å²) >= 11 is 0. The Morgan fingerprint density at radius 3 is 2.61 bits per heavy atom. The summed E-state index contributed by atoms with van der Waals surface area (Å²) in [5.74, 6) is 0.778. The Labute approximate surface area is 108 Å². The molecule has 0 aromatic heterocycles. The molecule has 0 bridgehead atoms. The maximum Gasteiger partial charge on any atom is 0.406 e. The number of carbonyl (C=O) groups is 1. The van der Waals surface area contributed by atoms with Gasteiger partial charge in [-0.3, -0.25) is 0 Å². The van der Waals surface area contributed by atoms with Gasteiger partial charge in [0.1, 0.15) is 19.0 Å². The summed E-state index contributed by atoms with van der Waals surface area (Å²) in [7, 11) is 1.52. The van der Waals surface area contributed by atoms with Gasteiger partial charge in [-0.1, -0.05) is 24.3 Å². The van der Waals surface area contributed by atoms with Crippen molar-refractivity contribution in [1.82, 2.24) is 5.32 Å². The smallest absolute Gasteiger partial charge is 0.406 e. The van der Waals surface area contributed by atoms with E-state index >= 15 is 0 Å². The van der Waals surface area contributed by atoms with Crippen molar-refractivity contribution >= 4 is 6.09 Å². The average molecular weight is 249 g/mol. The molecule has 0 aliphatic heterocycles. The van der Waals surface area contributed by atoms with Crippen LogP contribution in [-0.4, -0.2) is 26.4 Å². The lowest BCUT2D eigenvalue weighted by atomic mass is 10.1. The van der Waals surface area contributed by atoms with Crippen molar-refractivity contribution in [3.05, 3.63) is 42.0 Å². The summed E-state index contributed by atoms with van der Waals surface area (Å²) in [5.41, 5.74) is 1.24. The van der Waals surface area contributed by atoms with E-state index in [-0.39, 0.29) is 6.61 Å². The third kappa shape index (κ3) is 5.39. The second-order valence-electron chi connectivity index (χ2n) is 3.65. The number of ether oxygens (including phenoxy) is 2. The van der Waals surface area contributed by atoms with Gasteiger partial charge in [-0.2, -0.15) is 0 Å². The highest BCUT2D eigenvalue weighted by molar-refractivity contribution is 5.66. The van der Waals surface area contributed by atoms with Crippen molar-refractivity contribution in [2.75, 3.05) is 20.3 Å². The SMILES string of the molecule is C/C=C/Cc1ccc(OCCOC(=O)NC)cc1. The second kappa shape index (κ2) is 8.17. The zero-order valence-corrected chi connectivity index (χ0v) is 10.8. The van der Waals surface area contributed by atoms with E-state index in [9.17, 15) is 4.79 Å². The van der Waals surface area contributed by atoms with Crippen LogP contribution in [0.3, 0.4) is 0 Å². The lowest BCUT2D eigenvalue weighted by Gasteiger charge is -2.07. The normalized spacial score (nSPS) is 10.3. The van der Waals surface area contributed by atoms with Crippen molar-refractivity contribution in [3.63, 3.8) is 0 Å². The molecule has 1 aromatic rings. The molecule has 0 aliphatic rings. The van der Waals surface area contributed by atoms with Gasteiger partial charge in [0.2, 0.25) is 0 Å². The fourth-order valence-corrected chi connectivity index (χ4v) is 1.34. The molecule has 0 saturated carbocycles. The molecule has 18 heavy (non-hydrogen) atoms. The zero-order valence-electron chi connectivity index (χ0n) is 10.8. The summed E-state index contributed by atoms with van der Waals surface area (Å²) < 4.78 is 10.2. The first kappa shape index (κ1) is 14.1.